The van der Waals surface area contributed by atoms with Gasteiger partial charge in [-0.25, -0.2) is 0 Å². The van der Waals surface area contributed by atoms with Gasteiger partial charge in [0, 0.05) is 0 Å². The molecule has 0 saturated heterocycles. The molecule has 1 atom stereocenters. The molecule has 0 bridgehead atoms. The number of aliphatic hydroxyl groups excluding tert-OH is 1. The van der Waals surface area contributed by atoms with E-state index in [1.54, 1.807) is 0 Å². The normalized spacial score (nSPS) is 11.8. The molecule has 0 saturated carbocycles. The van der Waals surface area contributed by atoms with Crippen molar-refractivity contribution in [2.75, 3.05) is 6.61 Å². The maximum atomic E-state index is 9.65. The van der Waals surface area contributed by atoms with E-state index in [0.29, 0.717) is 0 Å². The van der Waals surface area contributed by atoms with Crippen LogP contribution < -0.4 is 11.9 Å². The molecule has 0 aliphatic heterocycles. The molecule has 0 radical (unpaired) electrons. The summed E-state index contributed by atoms with van der Waals surface area (Å²) in [5.74, 6) is -1.18. The molecular weight excluding hydrogens is 112 g/mol. The summed E-state index contributed by atoms with van der Waals surface area (Å²) in [4.78, 5) is 9.65. The topological polar surface area (TPSA) is 119 Å². The molecule has 50 valence electrons. The van der Waals surface area contributed by atoms with Crippen molar-refractivity contribution >= 4 is 5.97 Å². The smallest absolute Gasteiger partial charge is 0.322 e. The zero-order valence-corrected chi connectivity index (χ0v) is 4.37. The zero-order chi connectivity index (χ0) is 5.86. The number of hydrogen-bond acceptors (Lipinski definition) is 4. The van der Waals surface area contributed by atoms with E-state index in [4.69, 9.17) is 15.9 Å². The summed E-state index contributed by atoms with van der Waals surface area (Å²) in [6.07, 6.45) is 0. The van der Waals surface area contributed by atoms with E-state index in [9.17, 15) is 4.79 Å². The van der Waals surface area contributed by atoms with Crippen LogP contribution in [0.5, 0.6) is 0 Å². The minimum atomic E-state index is -1.18. The molecule has 0 aromatic heterocycles. The molecule has 1 unspecified atom stereocenters. The molecule has 0 aromatic carbocycles. The van der Waals surface area contributed by atoms with Crippen LogP contribution in [0.25, 0.3) is 0 Å². The largest absolute Gasteiger partial charge is 0.480 e. The van der Waals surface area contributed by atoms with Gasteiger partial charge in [-0.15, -0.1) is 0 Å². The second kappa shape index (κ2) is 4.51. The molecule has 0 aliphatic carbocycles. The van der Waals surface area contributed by atoms with E-state index < -0.39 is 18.6 Å². The highest BCUT2D eigenvalue weighted by Gasteiger charge is 2.06. The summed E-state index contributed by atoms with van der Waals surface area (Å²) in [5, 5.41) is 15.9. The van der Waals surface area contributed by atoms with Crippen LogP contribution >= 0.6 is 0 Å². The Morgan fingerprint density at radius 2 is 2.12 bits per heavy atom. The summed E-state index contributed by atoms with van der Waals surface area (Å²) in [7, 11) is 0. The Labute approximate surface area is 46.7 Å². The van der Waals surface area contributed by atoms with Gasteiger partial charge in [0.25, 0.3) is 0 Å². The number of nitrogens with two attached hydrogens (primary N) is 1. The maximum Gasteiger partial charge on any atom is 0.322 e. The van der Waals surface area contributed by atoms with Crippen LogP contribution in [0.3, 0.4) is 0 Å². The molecule has 0 heterocycles. The lowest BCUT2D eigenvalue weighted by Crippen LogP contribution is -2.33. The molecule has 0 rings (SSSR count). The van der Waals surface area contributed by atoms with Crippen LogP contribution in [-0.4, -0.2) is 28.8 Å². The van der Waals surface area contributed by atoms with Crippen molar-refractivity contribution in [2.24, 2.45) is 5.73 Å². The standard InChI is InChI=1S/C3H7NO3.H3N/c4-2(1-5)3(6)7;/h2,5H,1,4H2,(H,6,7);1H3. The Balaban J connectivity index is 0. The van der Waals surface area contributed by atoms with Gasteiger partial charge in [-0.05, 0) is 0 Å². The molecular formula is C3H10N2O3. The number of hydrogen-bond donors (Lipinski definition) is 4. The van der Waals surface area contributed by atoms with Gasteiger partial charge in [0.15, 0.2) is 0 Å². The SMILES string of the molecule is N.NC(CO)C(=O)O. The second-order valence-electron chi connectivity index (χ2n) is 1.13. The quantitative estimate of drug-likeness (QED) is 0.357. The van der Waals surface area contributed by atoms with Crippen LogP contribution in [0.1, 0.15) is 0 Å². The number of carbonyl (C=O) groups is 1. The molecule has 7 N–H and O–H groups in total. The Hall–Kier alpha value is -0.650. The van der Waals surface area contributed by atoms with E-state index in [-0.39, 0.29) is 6.15 Å². The fraction of sp³-hybridized carbons (Fsp3) is 0.667. The maximum absolute atomic E-state index is 9.65. The fourth-order valence-electron chi connectivity index (χ4n) is 0.0781. The lowest BCUT2D eigenvalue weighted by atomic mass is 10.3. The molecule has 5 nitrogen and oxygen atoms in total. The highest BCUT2D eigenvalue weighted by molar-refractivity contribution is 5.73. The lowest BCUT2D eigenvalue weighted by Gasteiger charge is -1.96. The van der Waals surface area contributed by atoms with Crippen molar-refractivity contribution in [3.05, 3.63) is 0 Å². The van der Waals surface area contributed by atoms with Gasteiger partial charge in [0.05, 0.1) is 6.61 Å². The van der Waals surface area contributed by atoms with E-state index in [1.807, 2.05) is 0 Å². The predicted octanol–water partition coefficient (Wildman–Crippen LogP) is -1.45. The summed E-state index contributed by atoms with van der Waals surface area (Å²) >= 11 is 0. The highest BCUT2D eigenvalue weighted by Crippen LogP contribution is 1.71. The molecule has 8 heavy (non-hydrogen) atoms. The summed E-state index contributed by atoms with van der Waals surface area (Å²) in [6.45, 7) is -0.505. The number of carboxylic acid groups (broad SMARTS) is 1. The minimum Gasteiger partial charge on any atom is -0.480 e. The first-order valence-corrected chi connectivity index (χ1v) is 1.77. The fourth-order valence-corrected chi connectivity index (χ4v) is 0.0781. The summed E-state index contributed by atoms with van der Waals surface area (Å²) in [5.41, 5.74) is 4.77. The Bertz CT molecular complexity index is 74.9. The molecule has 0 spiro atoms. The Morgan fingerprint density at radius 1 is 1.75 bits per heavy atom. The van der Waals surface area contributed by atoms with Crippen LogP contribution in [-0.2, 0) is 4.79 Å². The molecule has 0 aliphatic rings. The van der Waals surface area contributed by atoms with Crippen LogP contribution in [0.2, 0.25) is 0 Å². The van der Waals surface area contributed by atoms with Crippen molar-refractivity contribution in [3.8, 4) is 0 Å². The van der Waals surface area contributed by atoms with Gasteiger partial charge in [-0.3, -0.25) is 4.79 Å². The molecule has 0 fully saturated rings. The Kier molecular flexibility index (Phi) is 5.83. The minimum absolute atomic E-state index is 0. The number of aliphatic hydroxyl groups is 1. The third-order valence-corrected chi connectivity index (χ3v) is 0.514. The highest BCUT2D eigenvalue weighted by atomic mass is 16.4. The number of aliphatic carboxylic acids is 1. The van der Waals surface area contributed by atoms with E-state index >= 15 is 0 Å². The first-order valence-electron chi connectivity index (χ1n) is 1.77. The third kappa shape index (κ3) is 3.54. The van der Waals surface area contributed by atoms with Gasteiger partial charge in [0.2, 0.25) is 0 Å². The van der Waals surface area contributed by atoms with Crippen molar-refractivity contribution in [2.45, 2.75) is 6.04 Å². The van der Waals surface area contributed by atoms with E-state index in [0.717, 1.165) is 0 Å². The average Bonchev–Trinajstić information content (AvgIpc) is 1.65. The van der Waals surface area contributed by atoms with Crippen LogP contribution in [0.15, 0.2) is 0 Å². The molecule has 0 amide bonds. The van der Waals surface area contributed by atoms with Gasteiger partial charge < -0.3 is 22.1 Å². The third-order valence-electron chi connectivity index (χ3n) is 0.514. The van der Waals surface area contributed by atoms with Gasteiger partial charge in [0.1, 0.15) is 6.04 Å². The second-order valence-corrected chi connectivity index (χ2v) is 1.13. The van der Waals surface area contributed by atoms with Crippen LogP contribution in [0, 0.1) is 0 Å². The van der Waals surface area contributed by atoms with Crippen molar-refractivity contribution in [3.63, 3.8) is 0 Å². The predicted molar refractivity (Wildman–Crippen MR) is 27.7 cm³/mol. The first-order chi connectivity index (χ1) is 3.18. The first kappa shape index (κ1) is 10.4. The lowest BCUT2D eigenvalue weighted by molar-refractivity contribution is -0.139. The van der Waals surface area contributed by atoms with Gasteiger partial charge in [-0.1, -0.05) is 0 Å². The number of carboxylic acids is 1. The monoisotopic (exact) mass is 122 g/mol. The van der Waals surface area contributed by atoms with Crippen LogP contribution in [0.4, 0.5) is 0 Å². The average molecular weight is 122 g/mol. The van der Waals surface area contributed by atoms with E-state index in [2.05, 4.69) is 0 Å². The molecule has 5 heteroatoms. The van der Waals surface area contributed by atoms with Crippen molar-refractivity contribution in [1.29, 1.82) is 0 Å². The molecule has 0 aromatic rings. The zero-order valence-electron chi connectivity index (χ0n) is 4.37. The van der Waals surface area contributed by atoms with Gasteiger partial charge in [-0.2, -0.15) is 0 Å². The number of rotatable bonds is 2. The van der Waals surface area contributed by atoms with Crippen molar-refractivity contribution < 1.29 is 15.0 Å². The summed E-state index contributed by atoms with van der Waals surface area (Å²) < 4.78 is 0. The van der Waals surface area contributed by atoms with Crippen molar-refractivity contribution in [1.82, 2.24) is 6.15 Å². The van der Waals surface area contributed by atoms with Gasteiger partial charge >= 0.3 is 5.97 Å². The van der Waals surface area contributed by atoms with E-state index in [1.165, 1.54) is 0 Å². The Morgan fingerprint density at radius 3 is 2.12 bits per heavy atom. The summed E-state index contributed by atoms with van der Waals surface area (Å²) in [6, 6.07) is -1.13.